The molecule has 0 spiro atoms. The number of amides is 1. The molecule has 156 valence electrons. The highest BCUT2D eigenvalue weighted by Crippen LogP contribution is 2.60. The highest BCUT2D eigenvalue weighted by molar-refractivity contribution is 5.89. The van der Waals surface area contributed by atoms with Crippen molar-refractivity contribution < 1.29 is 23.9 Å². The zero-order valence-electron chi connectivity index (χ0n) is 17.1. The van der Waals surface area contributed by atoms with Gasteiger partial charge in [0.2, 0.25) is 5.91 Å². The Morgan fingerprint density at radius 3 is 2.10 bits per heavy atom. The summed E-state index contributed by atoms with van der Waals surface area (Å²) in [6.07, 6.45) is 6.74. The van der Waals surface area contributed by atoms with E-state index in [4.69, 9.17) is 4.74 Å². The minimum atomic E-state index is -0.676. The van der Waals surface area contributed by atoms with Crippen LogP contribution in [0.2, 0.25) is 0 Å². The molecule has 6 nitrogen and oxygen atoms in total. The van der Waals surface area contributed by atoms with Gasteiger partial charge in [-0.3, -0.25) is 4.79 Å². The lowest BCUT2D eigenvalue weighted by Crippen LogP contribution is -2.55. The van der Waals surface area contributed by atoms with Gasteiger partial charge in [-0.1, -0.05) is 12.1 Å². The van der Waals surface area contributed by atoms with E-state index in [1.54, 1.807) is 31.2 Å². The van der Waals surface area contributed by atoms with Gasteiger partial charge >= 0.3 is 11.9 Å². The smallest absolute Gasteiger partial charge is 0.337 e. The molecule has 0 heterocycles. The molecule has 1 aromatic carbocycles. The first-order valence-electron chi connectivity index (χ1n) is 10.5. The summed E-state index contributed by atoms with van der Waals surface area (Å²) < 4.78 is 10.0. The number of rotatable bonds is 6. The standard InChI is InChI=1S/C23H29NO5/c1-14(20(25)29-13-15-3-5-19(6-4-15)21(26)28-2)24-22(27)23-10-16-7-17(11-23)9-18(8-16)12-23/h3-6,14,16-18H,7-13H2,1-2H3,(H,24,27)/t14-,16?,17?,18?,23?/m0/s1. The summed E-state index contributed by atoms with van der Waals surface area (Å²) in [7, 11) is 1.33. The molecule has 1 aromatic rings. The summed E-state index contributed by atoms with van der Waals surface area (Å²) >= 11 is 0. The van der Waals surface area contributed by atoms with Gasteiger partial charge in [-0.15, -0.1) is 0 Å². The Kier molecular flexibility index (Phi) is 5.36. The Balaban J connectivity index is 1.29. The number of carbonyl (C=O) groups is 3. The van der Waals surface area contributed by atoms with E-state index in [0.29, 0.717) is 23.3 Å². The van der Waals surface area contributed by atoms with Crippen molar-refractivity contribution in [3.05, 3.63) is 35.4 Å². The van der Waals surface area contributed by atoms with E-state index in [1.807, 2.05) is 0 Å². The second-order valence-corrected chi connectivity index (χ2v) is 9.19. The fourth-order valence-electron chi connectivity index (χ4n) is 5.93. The molecule has 4 saturated carbocycles. The van der Waals surface area contributed by atoms with Gasteiger partial charge in [0.1, 0.15) is 12.6 Å². The van der Waals surface area contributed by atoms with Gasteiger partial charge in [0.25, 0.3) is 0 Å². The molecular formula is C23H29NO5. The van der Waals surface area contributed by atoms with Gasteiger partial charge in [0.05, 0.1) is 12.7 Å². The van der Waals surface area contributed by atoms with Crippen LogP contribution < -0.4 is 5.32 Å². The molecule has 5 rings (SSSR count). The van der Waals surface area contributed by atoms with Gasteiger partial charge in [-0.2, -0.15) is 0 Å². The van der Waals surface area contributed by atoms with Crippen molar-refractivity contribution >= 4 is 17.8 Å². The van der Waals surface area contributed by atoms with Crippen molar-refractivity contribution in [2.24, 2.45) is 23.2 Å². The van der Waals surface area contributed by atoms with Gasteiger partial charge in [-0.05, 0) is 80.9 Å². The van der Waals surface area contributed by atoms with Gasteiger partial charge in [0, 0.05) is 5.41 Å². The van der Waals surface area contributed by atoms with Crippen LogP contribution >= 0.6 is 0 Å². The normalized spacial score (nSPS) is 30.5. The molecule has 29 heavy (non-hydrogen) atoms. The first-order chi connectivity index (χ1) is 13.9. The summed E-state index contributed by atoms with van der Waals surface area (Å²) in [4.78, 5) is 36.9. The maximum absolute atomic E-state index is 13.1. The molecule has 1 N–H and O–H groups in total. The maximum atomic E-state index is 13.1. The molecule has 0 saturated heterocycles. The number of methoxy groups -OCH3 is 1. The Bertz CT molecular complexity index is 765. The van der Waals surface area contributed by atoms with E-state index in [0.717, 1.165) is 24.8 Å². The van der Waals surface area contributed by atoms with Crippen LogP contribution in [0.4, 0.5) is 0 Å². The molecule has 4 fully saturated rings. The van der Waals surface area contributed by atoms with Crippen molar-refractivity contribution in [3.63, 3.8) is 0 Å². The Labute approximate surface area is 171 Å². The number of carbonyl (C=O) groups excluding carboxylic acids is 3. The maximum Gasteiger partial charge on any atom is 0.337 e. The average Bonchev–Trinajstić information content (AvgIpc) is 2.70. The monoisotopic (exact) mass is 399 g/mol. The quantitative estimate of drug-likeness (QED) is 0.743. The van der Waals surface area contributed by atoms with Crippen molar-refractivity contribution in [1.29, 1.82) is 0 Å². The molecular weight excluding hydrogens is 370 g/mol. The number of benzene rings is 1. The predicted octanol–water partition coefficient (Wildman–Crippen LogP) is 3.24. The van der Waals surface area contributed by atoms with Gasteiger partial charge < -0.3 is 14.8 Å². The topological polar surface area (TPSA) is 81.7 Å². The second-order valence-electron chi connectivity index (χ2n) is 9.19. The largest absolute Gasteiger partial charge is 0.465 e. The highest BCUT2D eigenvalue weighted by Gasteiger charge is 2.54. The number of hydrogen-bond donors (Lipinski definition) is 1. The molecule has 4 bridgehead atoms. The minimum absolute atomic E-state index is 0.0310. The molecule has 0 radical (unpaired) electrons. The molecule has 1 amide bonds. The molecule has 1 atom stereocenters. The zero-order valence-corrected chi connectivity index (χ0v) is 17.1. The number of nitrogens with one attached hydrogen (secondary N) is 1. The predicted molar refractivity (Wildman–Crippen MR) is 106 cm³/mol. The molecule has 0 aliphatic heterocycles. The Morgan fingerprint density at radius 2 is 1.59 bits per heavy atom. The van der Waals surface area contributed by atoms with Crippen molar-refractivity contribution in [2.45, 2.75) is 58.1 Å². The third-order valence-electron chi connectivity index (χ3n) is 6.98. The van der Waals surface area contributed by atoms with E-state index in [1.165, 1.54) is 26.4 Å². The first kappa shape index (κ1) is 19.9. The molecule has 4 aliphatic rings. The zero-order chi connectivity index (χ0) is 20.6. The lowest BCUT2D eigenvalue weighted by Gasteiger charge is -2.55. The lowest BCUT2D eigenvalue weighted by atomic mass is 9.49. The Morgan fingerprint density at radius 1 is 1.03 bits per heavy atom. The average molecular weight is 399 g/mol. The third-order valence-corrected chi connectivity index (χ3v) is 6.98. The fourth-order valence-corrected chi connectivity index (χ4v) is 5.93. The highest BCUT2D eigenvalue weighted by atomic mass is 16.5. The summed E-state index contributed by atoms with van der Waals surface area (Å²) in [6.45, 7) is 1.78. The van der Waals surface area contributed by atoms with Crippen molar-refractivity contribution in [3.8, 4) is 0 Å². The van der Waals surface area contributed by atoms with Crippen LogP contribution in [0.15, 0.2) is 24.3 Å². The van der Waals surface area contributed by atoms with Crippen molar-refractivity contribution in [2.75, 3.05) is 7.11 Å². The van der Waals surface area contributed by atoms with E-state index in [9.17, 15) is 14.4 Å². The van der Waals surface area contributed by atoms with Crippen LogP contribution in [0.25, 0.3) is 0 Å². The molecule has 4 aliphatic carbocycles. The van der Waals surface area contributed by atoms with E-state index in [-0.39, 0.29) is 17.9 Å². The van der Waals surface area contributed by atoms with Crippen LogP contribution in [0, 0.1) is 23.2 Å². The summed E-state index contributed by atoms with van der Waals surface area (Å²) in [5.41, 5.74) is 0.942. The second kappa shape index (κ2) is 7.81. The van der Waals surface area contributed by atoms with Crippen LogP contribution in [0.5, 0.6) is 0 Å². The van der Waals surface area contributed by atoms with E-state index in [2.05, 4.69) is 10.1 Å². The van der Waals surface area contributed by atoms with Crippen molar-refractivity contribution in [1.82, 2.24) is 5.32 Å². The minimum Gasteiger partial charge on any atom is -0.465 e. The third kappa shape index (κ3) is 4.02. The van der Waals surface area contributed by atoms with Crippen LogP contribution in [-0.4, -0.2) is 31.0 Å². The summed E-state index contributed by atoms with van der Waals surface area (Å²) in [5.74, 6) is 1.23. The number of hydrogen-bond acceptors (Lipinski definition) is 5. The van der Waals surface area contributed by atoms with E-state index >= 15 is 0 Å². The SMILES string of the molecule is COC(=O)c1ccc(COC(=O)[C@H](C)NC(=O)C23CC4CC(CC(C4)C2)C3)cc1. The first-order valence-corrected chi connectivity index (χ1v) is 10.5. The van der Waals surface area contributed by atoms with Crippen LogP contribution in [0.1, 0.15) is 61.4 Å². The van der Waals surface area contributed by atoms with Crippen LogP contribution in [0.3, 0.4) is 0 Å². The summed E-state index contributed by atoms with van der Waals surface area (Å²) in [5, 5.41) is 2.93. The number of ether oxygens (including phenoxy) is 2. The lowest BCUT2D eigenvalue weighted by molar-refractivity contribution is -0.154. The molecule has 0 aromatic heterocycles. The Hall–Kier alpha value is -2.37. The van der Waals surface area contributed by atoms with E-state index < -0.39 is 18.0 Å². The van der Waals surface area contributed by atoms with Gasteiger partial charge in [-0.25, -0.2) is 9.59 Å². The fraction of sp³-hybridized carbons (Fsp3) is 0.609. The molecule has 0 unspecified atom stereocenters. The van der Waals surface area contributed by atoms with Crippen LogP contribution in [-0.2, 0) is 25.7 Å². The summed E-state index contributed by atoms with van der Waals surface area (Å²) in [6, 6.07) is 6.03. The molecule has 6 heteroatoms. The number of esters is 2. The van der Waals surface area contributed by atoms with Gasteiger partial charge in [0.15, 0.2) is 0 Å².